The quantitative estimate of drug-likeness (QED) is 0.676. The van der Waals surface area contributed by atoms with Crippen LogP contribution >= 0.6 is 0 Å². The Morgan fingerprint density at radius 1 is 1.03 bits per heavy atom. The number of amides is 2. The van der Waals surface area contributed by atoms with E-state index in [1.165, 1.54) is 38.1 Å². The summed E-state index contributed by atoms with van der Waals surface area (Å²) in [5.74, 6) is -1.35. The average Bonchev–Trinajstić information content (AvgIpc) is 2.71. The molecule has 0 bridgehead atoms. The van der Waals surface area contributed by atoms with Gasteiger partial charge in [0.25, 0.3) is 5.56 Å². The number of halogens is 1. The highest BCUT2D eigenvalue weighted by Crippen LogP contribution is 2.24. The minimum atomic E-state index is -0.975. The van der Waals surface area contributed by atoms with Crippen LogP contribution in [0.2, 0.25) is 0 Å². The minimum Gasteiger partial charge on any atom is -0.326 e. The Morgan fingerprint density at radius 3 is 2.47 bits per heavy atom. The van der Waals surface area contributed by atoms with Crippen LogP contribution < -0.4 is 16.2 Å². The highest BCUT2D eigenvalue weighted by molar-refractivity contribution is 5.93. The predicted octanol–water partition coefficient (Wildman–Crippen LogP) is 3.52. The highest BCUT2D eigenvalue weighted by atomic mass is 19.1. The van der Waals surface area contributed by atoms with Gasteiger partial charge >= 0.3 is 0 Å². The second-order valence-electron chi connectivity index (χ2n) is 6.86. The van der Waals surface area contributed by atoms with Gasteiger partial charge in [0.2, 0.25) is 11.8 Å². The summed E-state index contributed by atoms with van der Waals surface area (Å²) < 4.78 is 14.9. The van der Waals surface area contributed by atoms with E-state index in [-0.39, 0.29) is 11.6 Å². The second kappa shape index (κ2) is 8.69. The first kappa shape index (κ1) is 20.9. The molecule has 8 heteroatoms. The van der Waals surface area contributed by atoms with Crippen LogP contribution in [-0.4, -0.2) is 21.6 Å². The molecule has 0 saturated carbocycles. The first-order valence-electron chi connectivity index (χ1n) is 9.30. The molecule has 1 heterocycles. The van der Waals surface area contributed by atoms with Crippen molar-refractivity contribution < 1.29 is 14.0 Å². The first-order chi connectivity index (χ1) is 14.3. The smallest absolute Gasteiger partial charge is 0.267 e. The molecule has 2 aromatic carbocycles. The summed E-state index contributed by atoms with van der Waals surface area (Å²) in [5, 5.41) is 9.53. The second-order valence-corrected chi connectivity index (χ2v) is 6.86. The summed E-state index contributed by atoms with van der Waals surface area (Å²) >= 11 is 0. The zero-order valence-electron chi connectivity index (χ0n) is 16.8. The number of benzene rings is 2. The van der Waals surface area contributed by atoms with Gasteiger partial charge in [-0.15, -0.1) is 0 Å². The molecule has 154 valence electrons. The Morgan fingerprint density at radius 2 is 1.77 bits per heavy atom. The van der Waals surface area contributed by atoms with Crippen LogP contribution in [0.25, 0.3) is 11.3 Å². The van der Waals surface area contributed by atoms with Gasteiger partial charge in [-0.3, -0.25) is 14.4 Å². The minimum absolute atomic E-state index is 0.0250. The van der Waals surface area contributed by atoms with Crippen LogP contribution in [0.5, 0.6) is 0 Å². The number of para-hydroxylation sites is 1. The monoisotopic (exact) mass is 408 g/mol. The van der Waals surface area contributed by atoms with Gasteiger partial charge in [-0.05, 0) is 43.7 Å². The van der Waals surface area contributed by atoms with Gasteiger partial charge in [-0.25, -0.2) is 9.07 Å². The largest absolute Gasteiger partial charge is 0.326 e. The summed E-state index contributed by atoms with van der Waals surface area (Å²) in [4.78, 5) is 36.3. The lowest BCUT2D eigenvalue weighted by molar-refractivity contribution is -0.119. The van der Waals surface area contributed by atoms with Crippen molar-refractivity contribution in [1.82, 2.24) is 9.78 Å². The standard InChI is InChI=1S/C22H21FN4O3/c1-13-8-9-16(12-20(13)24-15(3)28)18-10-11-21(29)27(26-18)14(2)22(30)25-19-7-5-4-6-17(19)23/h4-12,14H,1-3H3,(H,24,28)(H,25,30). The molecule has 30 heavy (non-hydrogen) atoms. The molecule has 1 aromatic heterocycles. The van der Waals surface area contributed by atoms with E-state index in [1.54, 1.807) is 18.2 Å². The van der Waals surface area contributed by atoms with Gasteiger partial charge < -0.3 is 10.6 Å². The van der Waals surface area contributed by atoms with Crippen molar-refractivity contribution in [3.63, 3.8) is 0 Å². The molecular formula is C22H21FN4O3. The number of aromatic nitrogens is 2. The van der Waals surface area contributed by atoms with Crippen molar-refractivity contribution in [1.29, 1.82) is 0 Å². The van der Waals surface area contributed by atoms with Crippen LogP contribution in [0.4, 0.5) is 15.8 Å². The zero-order chi connectivity index (χ0) is 21.8. The van der Waals surface area contributed by atoms with Gasteiger partial charge in [-0.2, -0.15) is 5.10 Å². The summed E-state index contributed by atoms with van der Waals surface area (Å²) in [6, 6.07) is 13.0. The Bertz CT molecular complexity index is 1170. The normalized spacial score (nSPS) is 11.6. The molecule has 0 fully saturated rings. The van der Waals surface area contributed by atoms with Crippen molar-refractivity contribution in [2.75, 3.05) is 10.6 Å². The number of hydrogen-bond acceptors (Lipinski definition) is 4. The Balaban J connectivity index is 1.92. The van der Waals surface area contributed by atoms with E-state index in [9.17, 15) is 18.8 Å². The molecule has 0 aliphatic heterocycles. The molecular weight excluding hydrogens is 387 g/mol. The van der Waals surface area contributed by atoms with Crippen molar-refractivity contribution in [3.05, 3.63) is 76.3 Å². The van der Waals surface area contributed by atoms with Gasteiger partial charge in [-0.1, -0.05) is 24.3 Å². The molecule has 7 nitrogen and oxygen atoms in total. The third-order valence-electron chi connectivity index (χ3n) is 4.55. The van der Waals surface area contributed by atoms with Crippen LogP contribution in [0.3, 0.4) is 0 Å². The van der Waals surface area contributed by atoms with Gasteiger partial charge in [0.15, 0.2) is 0 Å². The number of rotatable bonds is 5. The SMILES string of the molecule is CC(=O)Nc1cc(-c2ccc(=O)n(C(C)C(=O)Nc3ccccc3F)n2)ccc1C. The molecule has 3 rings (SSSR count). The fraction of sp³-hybridized carbons (Fsp3) is 0.182. The number of carbonyl (C=O) groups is 2. The average molecular weight is 408 g/mol. The van der Waals surface area contributed by atoms with E-state index in [2.05, 4.69) is 15.7 Å². The number of nitrogens with one attached hydrogen (secondary N) is 2. The van der Waals surface area contributed by atoms with Gasteiger partial charge in [0.05, 0.1) is 11.4 Å². The third-order valence-corrected chi connectivity index (χ3v) is 4.55. The lowest BCUT2D eigenvalue weighted by atomic mass is 10.1. The van der Waals surface area contributed by atoms with E-state index >= 15 is 0 Å². The molecule has 0 aliphatic rings. The first-order valence-corrected chi connectivity index (χ1v) is 9.30. The summed E-state index contributed by atoms with van der Waals surface area (Å²) in [5.41, 5.74) is 2.18. The van der Waals surface area contributed by atoms with Gasteiger partial charge in [0, 0.05) is 24.2 Å². The molecule has 2 N–H and O–H groups in total. The topological polar surface area (TPSA) is 93.1 Å². The number of carbonyl (C=O) groups excluding carboxylic acids is 2. The molecule has 1 atom stereocenters. The summed E-state index contributed by atoms with van der Waals surface area (Å²) in [6.07, 6.45) is 0. The van der Waals surface area contributed by atoms with Crippen LogP contribution in [0.1, 0.15) is 25.5 Å². The summed E-state index contributed by atoms with van der Waals surface area (Å²) in [7, 11) is 0. The number of aryl methyl sites for hydroxylation is 1. The summed E-state index contributed by atoms with van der Waals surface area (Å²) in [6.45, 7) is 4.78. The van der Waals surface area contributed by atoms with E-state index < -0.39 is 23.3 Å². The molecule has 0 spiro atoms. The van der Waals surface area contributed by atoms with Crippen molar-refractivity contribution in [3.8, 4) is 11.3 Å². The number of hydrogen-bond donors (Lipinski definition) is 2. The van der Waals surface area contributed by atoms with E-state index in [0.29, 0.717) is 16.9 Å². The number of anilines is 2. The fourth-order valence-corrected chi connectivity index (χ4v) is 2.87. The van der Waals surface area contributed by atoms with Crippen molar-refractivity contribution in [2.45, 2.75) is 26.8 Å². The van der Waals surface area contributed by atoms with Gasteiger partial charge in [0.1, 0.15) is 11.9 Å². The zero-order valence-corrected chi connectivity index (χ0v) is 16.8. The van der Waals surface area contributed by atoms with Crippen LogP contribution in [0.15, 0.2) is 59.4 Å². The molecule has 1 unspecified atom stereocenters. The number of nitrogens with zero attached hydrogens (tertiary/aromatic N) is 2. The van der Waals surface area contributed by atoms with E-state index in [0.717, 1.165) is 10.2 Å². The Hall–Kier alpha value is -3.81. The van der Waals surface area contributed by atoms with Crippen molar-refractivity contribution >= 4 is 23.2 Å². The maximum absolute atomic E-state index is 13.8. The van der Waals surface area contributed by atoms with E-state index in [1.807, 2.05) is 19.1 Å². The molecule has 0 saturated heterocycles. The highest BCUT2D eigenvalue weighted by Gasteiger charge is 2.19. The van der Waals surface area contributed by atoms with E-state index in [4.69, 9.17) is 0 Å². The molecule has 0 aliphatic carbocycles. The fourth-order valence-electron chi connectivity index (χ4n) is 2.87. The molecule has 0 radical (unpaired) electrons. The lowest BCUT2D eigenvalue weighted by Crippen LogP contribution is -2.33. The predicted molar refractivity (Wildman–Crippen MR) is 113 cm³/mol. The lowest BCUT2D eigenvalue weighted by Gasteiger charge is -2.16. The molecule has 2 amide bonds. The van der Waals surface area contributed by atoms with Crippen LogP contribution in [0, 0.1) is 12.7 Å². The third kappa shape index (κ3) is 4.60. The van der Waals surface area contributed by atoms with Crippen LogP contribution in [-0.2, 0) is 9.59 Å². The Kier molecular flexibility index (Phi) is 6.06. The maximum Gasteiger partial charge on any atom is 0.267 e. The van der Waals surface area contributed by atoms with Crippen molar-refractivity contribution in [2.24, 2.45) is 0 Å². The maximum atomic E-state index is 13.8. The molecule has 3 aromatic rings. The Labute approximate surface area is 172 Å².